The van der Waals surface area contributed by atoms with Crippen LogP contribution in [0.5, 0.6) is 0 Å². The monoisotopic (exact) mass is 326 g/mol. The van der Waals surface area contributed by atoms with Crippen molar-refractivity contribution in [3.63, 3.8) is 0 Å². The van der Waals surface area contributed by atoms with E-state index in [2.05, 4.69) is 15.3 Å². The largest absolute Gasteiger partial charge is 0.418 e. The molecule has 0 bridgehead atoms. The van der Waals surface area contributed by atoms with Gasteiger partial charge in [0.05, 0.1) is 18.0 Å². The summed E-state index contributed by atoms with van der Waals surface area (Å²) in [6, 6.07) is 1.89. The number of aromatic nitrogens is 4. The summed E-state index contributed by atoms with van der Waals surface area (Å²) in [6.45, 7) is 0.531. The van der Waals surface area contributed by atoms with Crippen LogP contribution in [-0.2, 0) is 10.9 Å². The molecule has 3 rings (SSSR count). The van der Waals surface area contributed by atoms with E-state index in [9.17, 15) is 18.0 Å². The second-order valence-electron chi connectivity index (χ2n) is 5.14. The van der Waals surface area contributed by atoms with Gasteiger partial charge in [-0.05, 0) is 25.3 Å². The van der Waals surface area contributed by atoms with Gasteiger partial charge in [-0.25, -0.2) is 4.68 Å². The Morgan fingerprint density at radius 1 is 1.30 bits per heavy atom. The van der Waals surface area contributed by atoms with Gasteiger partial charge in [-0.3, -0.25) is 4.79 Å². The summed E-state index contributed by atoms with van der Waals surface area (Å²) in [7, 11) is 0. The zero-order chi connectivity index (χ0) is 16.4. The van der Waals surface area contributed by atoms with E-state index in [0.29, 0.717) is 13.0 Å². The third-order valence-corrected chi connectivity index (χ3v) is 3.55. The van der Waals surface area contributed by atoms with Crippen molar-refractivity contribution in [1.82, 2.24) is 20.0 Å². The summed E-state index contributed by atoms with van der Waals surface area (Å²) in [5.74, 6) is 0. The first kappa shape index (κ1) is 15.6. The topological polar surface area (TPSA) is 69.9 Å². The molecule has 0 N–H and O–H groups in total. The summed E-state index contributed by atoms with van der Waals surface area (Å²) < 4.78 is 45.6. The Bertz CT molecular complexity index is 754. The van der Waals surface area contributed by atoms with E-state index in [4.69, 9.17) is 4.74 Å². The Hall–Kier alpha value is -2.29. The maximum absolute atomic E-state index is 13.0. The van der Waals surface area contributed by atoms with Gasteiger partial charge in [0.1, 0.15) is 5.69 Å². The van der Waals surface area contributed by atoms with E-state index in [0.717, 1.165) is 35.9 Å². The van der Waals surface area contributed by atoms with Crippen LogP contribution in [0.1, 0.15) is 31.1 Å². The number of hydrogen-bond acceptors (Lipinski definition) is 5. The van der Waals surface area contributed by atoms with Crippen LogP contribution in [0.2, 0.25) is 0 Å². The van der Waals surface area contributed by atoms with Crippen LogP contribution in [0.25, 0.3) is 11.3 Å². The fourth-order valence-electron chi connectivity index (χ4n) is 2.45. The summed E-state index contributed by atoms with van der Waals surface area (Å²) in [4.78, 5) is 12.2. The first-order chi connectivity index (χ1) is 11.0. The quantitative estimate of drug-likeness (QED) is 0.848. The molecule has 0 aromatic carbocycles. The Labute approximate surface area is 128 Å². The fraction of sp³-hybridized carbons (Fsp3) is 0.429. The summed E-state index contributed by atoms with van der Waals surface area (Å²) >= 11 is 0. The van der Waals surface area contributed by atoms with Crippen molar-refractivity contribution in [3.05, 3.63) is 40.4 Å². The average molecular weight is 326 g/mol. The molecule has 1 aliphatic heterocycles. The van der Waals surface area contributed by atoms with Crippen molar-refractivity contribution in [3.8, 4) is 11.3 Å². The van der Waals surface area contributed by atoms with Crippen LogP contribution in [-0.4, -0.2) is 26.6 Å². The molecule has 2 aromatic heterocycles. The molecule has 1 aliphatic rings. The highest BCUT2D eigenvalue weighted by Crippen LogP contribution is 2.34. The van der Waals surface area contributed by atoms with Gasteiger partial charge in [0, 0.05) is 18.2 Å². The molecule has 2 aromatic rings. The van der Waals surface area contributed by atoms with Gasteiger partial charge in [0.2, 0.25) is 0 Å². The van der Waals surface area contributed by atoms with Crippen molar-refractivity contribution >= 4 is 0 Å². The molecule has 122 valence electrons. The van der Waals surface area contributed by atoms with Crippen molar-refractivity contribution in [2.45, 2.75) is 31.7 Å². The number of alkyl halides is 3. The molecule has 1 unspecified atom stereocenters. The molecule has 0 spiro atoms. The Morgan fingerprint density at radius 3 is 2.78 bits per heavy atom. The van der Waals surface area contributed by atoms with E-state index in [-0.39, 0.29) is 5.56 Å². The average Bonchev–Trinajstić information content (AvgIpc) is 2.55. The van der Waals surface area contributed by atoms with Gasteiger partial charge in [-0.15, -0.1) is 5.10 Å². The SMILES string of the molecule is O=c1cc(-c2nnccc2C(F)(F)F)cnn1C1CCCCO1. The van der Waals surface area contributed by atoms with Crippen LogP contribution in [0.15, 0.2) is 29.3 Å². The maximum Gasteiger partial charge on any atom is 0.418 e. The normalized spacial score (nSPS) is 18.8. The molecule has 1 saturated heterocycles. The molecular weight excluding hydrogens is 313 g/mol. The number of hydrogen-bond donors (Lipinski definition) is 0. The molecule has 0 saturated carbocycles. The van der Waals surface area contributed by atoms with Crippen LogP contribution < -0.4 is 5.56 Å². The zero-order valence-corrected chi connectivity index (χ0v) is 12.0. The smallest absolute Gasteiger partial charge is 0.356 e. The predicted molar refractivity (Wildman–Crippen MR) is 73.4 cm³/mol. The van der Waals surface area contributed by atoms with Gasteiger partial charge < -0.3 is 4.74 Å². The Balaban J connectivity index is 2.00. The van der Waals surface area contributed by atoms with E-state index < -0.39 is 29.2 Å². The molecule has 0 amide bonds. The lowest BCUT2D eigenvalue weighted by atomic mass is 10.1. The summed E-state index contributed by atoms with van der Waals surface area (Å²) in [5.41, 5.74) is -1.93. The van der Waals surface area contributed by atoms with Crippen LogP contribution in [0.4, 0.5) is 13.2 Å². The second kappa shape index (κ2) is 6.07. The lowest BCUT2D eigenvalue weighted by molar-refractivity contribution is -0.137. The van der Waals surface area contributed by atoms with E-state index in [1.54, 1.807) is 0 Å². The van der Waals surface area contributed by atoms with Crippen molar-refractivity contribution < 1.29 is 17.9 Å². The molecule has 0 radical (unpaired) electrons. The van der Waals surface area contributed by atoms with E-state index >= 15 is 0 Å². The van der Waals surface area contributed by atoms with Gasteiger partial charge in [0.25, 0.3) is 5.56 Å². The van der Waals surface area contributed by atoms with Gasteiger partial charge >= 0.3 is 6.18 Å². The minimum atomic E-state index is -4.59. The highest BCUT2D eigenvalue weighted by molar-refractivity contribution is 5.61. The van der Waals surface area contributed by atoms with E-state index in [1.165, 1.54) is 6.20 Å². The molecule has 23 heavy (non-hydrogen) atoms. The second-order valence-corrected chi connectivity index (χ2v) is 5.14. The summed E-state index contributed by atoms with van der Waals surface area (Å²) in [5, 5.41) is 10.9. The van der Waals surface area contributed by atoms with Gasteiger partial charge in [-0.2, -0.15) is 23.4 Å². The number of halogens is 3. The number of nitrogens with zero attached hydrogens (tertiary/aromatic N) is 4. The highest BCUT2D eigenvalue weighted by Gasteiger charge is 2.35. The highest BCUT2D eigenvalue weighted by atomic mass is 19.4. The molecule has 9 heteroatoms. The molecule has 0 aliphatic carbocycles. The zero-order valence-electron chi connectivity index (χ0n) is 12.0. The Morgan fingerprint density at radius 2 is 2.13 bits per heavy atom. The minimum absolute atomic E-state index is 0.0255. The molecule has 3 heterocycles. The first-order valence-electron chi connectivity index (χ1n) is 7.06. The third kappa shape index (κ3) is 3.24. The Kier molecular flexibility index (Phi) is 4.12. The first-order valence-corrected chi connectivity index (χ1v) is 7.06. The van der Waals surface area contributed by atoms with Gasteiger partial charge in [0.15, 0.2) is 6.23 Å². The molecule has 6 nitrogen and oxygen atoms in total. The van der Waals surface area contributed by atoms with E-state index in [1.807, 2.05) is 0 Å². The third-order valence-electron chi connectivity index (χ3n) is 3.55. The molecule has 1 atom stereocenters. The standard InChI is InChI=1S/C14H13F3N4O2/c15-14(16,17)10-4-5-18-20-13(10)9-7-11(22)21(19-8-9)12-3-1-2-6-23-12/h4-5,7-8,12H,1-3,6H2. The van der Waals surface area contributed by atoms with Crippen LogP contribution in [0.3, 0.4) is 0 Å². The number of rotatable bonds is 2. The number of ether oxygens (including phenoxy) is 1. The lowest BCUT2D eigenvalue weighted by Gasteiger charge is -2.23. The summed E-state index contributed by atoms with van der Waals surface area (Å²) in [6.07, 6.45) is -0.470. The molecule has 1 fully saturated rings. The van der Waals surface area contributed by atoms with Crippen LogP contribution >= 0.6 is 0 Å². The van der Waals surface area contributed by atoms with Crippen molar-refractivity contribution in [2.75, 3.05) is 6.61 Å². The van der Waals surface area contributed by atoms with Crippen molar-refractivity contribution in [1.29, 1.82) is 0 Å². The lowest BCUT2D eigenvalue weighted by Crippen LogP contribution is -2.30. The minimum Gasteiger partial charge on any atom is -0.356 e. The maximum atomic E-state index is 13.0. The molecular formula is C14H13F3N4O2. The fourth-order valence-corrected chi connectivity index (χ4v) is 2.45. The van der Waals surface area contributed by atoms with Crippen LogP contribution in [0, 0.1) is 0 Å². The van der Waals surface area contributed by atoms with Crippen molar-refractivity contribution in [2.24, 2.45) is 0 Å². The predicted octanol–water partition coefficient (Wildman–Crippen LogP) is 2.42. The van der Waals surface area contributed by atoms with Gasteiger partial charge in [-0.1, -0.05) is 0 Å².